The van der Waals surface area contributed by atoms with Crippen LogP contribution in [0.25, 0.3) is 0 Å². The van der Waals surface area contributed by atoms with Crippen molar-refractivity contribution in [1.82, 2.24) is 0 Å². The summed E-state index contributed by atoms with van der Waals surface area (Å²) in [5.74, 6) is 0.962. The summed E-state index contributed by atoms with van der Waals surface area (Å²) < 4.78 is 0. The minimum absolute atomic E-state index is 0.470. The summed E-state index contributed by atoms with van der Waals surface area (Å²) in [6.45, 7) is 13.6. The highest BCUT2D eigenvalue weighted by atomic mass is 14.2. The van der Waals surface area contributed by atoms with E-state index < -0.39 is 0 Å². The molecule has 0 bridgehead atoms. The largest absolute Gasteiger partial charge is 0.198 e. The summed E-state index contributed by atoms with van der Waals surface area (Å²) in [5.41, 5.74) is 0. The molecule has 0 amide bonds. The summed E-state index contributed by atoms with van der Waals surface area (Å²) in [6, 6.07) is 2.18. The molecule has 0 aliphatic carbocycles. The van der Waals surface area contributed by atoms with E-state index in [0.29, 0.717) is 18.3 Å². The Kier molecular flexibility index (Phi) is 13.2. The van der Waals surface area contributed by atoms with Gasteiger partial charge < -0.3 is 0 Å². The van der Waals surface area contributed by atoms with Crippen molar-refractivity contribution in [3.05, 3.63) is 25.3 Å². The van der Waals surface area contributed by atoms with Crippen molar-refractivity contribution in [2.45, 2.75) is 40.0 Å². The standard InChI is InChI=1S/C11H17N.C2H6/c1-4-6-11(5-2)9-10(3)7-8-12;1-2/h4-5,10-11H,1-2,6-7,9H2,3H3;1-2H3. The predicted octanol–water partition coefficient (Wildman–Crippen LogP) is 4.33. The minimum Gasteiger partial charge on any atom is -0.198 e. The molecule has 0 aromatic rings. The van der Waals surface area contributed by atoms with Gasteiger partial charge in [0.05, 0.1) is 6.07 Å². The molecule has 80 valence electrons. The second-order valence-electron chi connectivity index (χ2n) is 3.22. The molecule has 0 fully saturated rings. The van der Waals surface area contributed by atoms with Crippen LogP contribution in [0.2, 0.25) is 0 Å². The fourth-order valence-electron chi connectivity index (χ4n) is 1.26. The van der Waals surface area contributed by atoms with Crippen LogP contribution < -0.4 is 0 Å². The highest BCUT2D eigenvalue weighted by Crippen LogP contribution is 2.18. The lowest BCUT2D eigenvalue weighted by molar-refractivity contribution is 0.455. The fraction of sp³-hybridized carbons (Fsp3) is 0.615. The third-order valence-corrected chi connectivity index (χ3v) is 1.95. The second kappa shape index (κ2) is 12.0. The van der Waals surface area contributed by atoms with Crippen LogP contribution in [0, 0.1) is 23.2 Å². The molecule has 1 nitrogen and oxygen atoms in total. The molecular formula is C13H23N. The third kappa shape index (κ3) is 9.06. The van der Waals surface area contributed by atoms with E-state index in [0.717, 1.165) is 12.8 Å². The van der Waals surface area contributed by atoms with E-state index in [-0.39, 0.29) is 0 Å². The van der Waals surface area contributed by atoms with Crippen LogP contribution in [-0.4, -0.2) is 0 Å². The van der Waals surface area contributed by atoms with Gasteiger partial charge in [-0.3, -0.25) is 0 Å². The molecule has 0 saturated heterocycles. The second-order valence-corrected chi connectivity index (χ2v) is 3.22. The van der Waals surface area contributed by atoms with Crippen LogP contribution in [0.1, 0.15) is 40.0 Å². The van der Waals surface area contributed by atoms with Crippen LogP contribution in [0.5, 0.6) is 0 Å². The molecule has 0 saturated carbocycles. The Balaban J connectivity index is 0. The van der Waals surface area contributed by atoms with Crippen molar-refractivity contribution in [3.63, 3.8) is 0 Å². The van der Waals surface area contributed by atoms with Gasteiger partial charge in [-0.05, 0) is 24.7 Å². The van der Waals surface area contributed by atoms with Gasteiger partial charge in [0.1, 0.15) is 0 Å². The highest BCUT2D eigenvalue weighted by molar-refractivity contribution is 4.87. The van der Waals surface area contributed by atoms with Crippen LogP contribution in [-0.2, 0) is 0 Å². The first-order chi connectivity index (χ1) is 6.74. The molecule has 0 aliphatic rings. The third-order valence-electron chi connectivity index (χ3n) is 1.95. The van der Waals surface area contributed by atoms with Gasteiger partial charge >= 0.3 is 0 Å². The van der Waals surface area contributed by atoms with Crippen LogP contribution in [0.3, 0.4) is 0 Å². The molecule has 0 radical (unpaired) electrons. The first-order valence-corrected chi connectivity index (χ1v) is 5.35. The molecule has 0 aromatic heterocycles. The molecule has 2 unspecified atom stereocenters. The topological polar surface area (TPSA) is 23.8 Å². The quantitative estimate of drug-likeness (QED) is 0.576. The van der Waals surface area contributed by atoms with Gasteiger partial charge in [-0.2, -0.15) is 5.26 Å². The van der Waals surface area contributed by atoms with Crippen molar-refractivity contribution in [1.29, 1.82) is 5.26 Å². The Morgan fingerprint density at radius 1 is 1.36 bits per heavy atom. The van der Waals surface area contributed by atoms with E-state index in [9.17, 15) is 0 Å². The summed E-state index contributed by atoms with van der Waals surface area (Å²) in [4.78, 5) is 0. The zero-order chi connectivity index (χ0) is 11.4. The predicted molar refractivity (Wildman–Crippen MR) is 63.9 cm³/mol. The van der Waals surface area contributed by atoms with Gasteiger partial charge in [0.15, 0.2) is 0 Å². The van der Waals surface area contributed by atoms with Crippen molar-refractivity contribution in [2.24, 2.45) is 11.8 Å². The van der Waals surface area contributed by atoms with Crippen LogP contribution >= 0.6 is 0 Å². The van der Waals surface area contributed by atoms with Gasteiger partial charge in [0, 0.05) is 6.42 Å². The summed E-state index contributed by atoms with van der Waals surface area (Å²) in [6.07, 6.45) is 6.52. The van der Waals surface area contributed by atoms with Crippen LogP contribution in [0.15, 0.2) is 25.3 Å². The van der Waals surface area contributed by atoms with E-state index >= 15 is 0 Å². The summed E-state index contributed by atoms with van der Waals surface area (Å²) >= 11 is 0. The average Bonchev–Trinajstić information content (AvgIpc) is 2.20. The molecule has 14 heavy (non-hydrogen) atoms. The molecule has 0 aliphatic heterocycles. The Bertz CT molecular complexity index is 176. The maximum Gasteiger partial charge on any atom is 0.0624 e. The highest BCUT2D eigenvalue weighted by Gasteiger charge is 2.07. The van der Waals surface area contributed by atoms with E-state index in [1.807, 2.05) is 26.0 Å². The molecule has 0 N–H and O–H groups in total. The van der Waals surface area contributed by atoms with Crippen molar-refractivity contribution in [2.75, 3.05) is 0 Å². The van der Waals surface area contributed by atoms with Crippen molar-refractivity contribution >= 4 is 0 Å². The van der Waals surface area contributed by atoms with E-state index in [1.54, 1.807) is 0 Å². The molecule has 0 rings (SSSR count). The zero-order valence-electron chi connectivity index (χ0n) is 9.79. The van der Waals surface area contributed by atoms with Gasteiger partial charge in [-0.15, -0.1) is 13.2 Å². The summed E-state index contributed by atoms with van der Waals surface area (Å²) in [5, 5.41) is 8.46. The molecule has 0 heterocycles. The first kappa shape index (κ1) is 15.4. The lowest BCUT2D eigenvalue weighted by atomic mass is 9.92. The van der Waals surface area contributed by atoms with Gasteiger partial charge in [0.2, 0.25) is 0 Å². The molecule has 1 heteroatoms. The van der Waals surface area contributed by atoms with Crippen LogP contribution in [0.4, 0.5) is 0 Å². The van der Waals surface area contributed by atoms with Gasteiger partial charge in [-0.1, -0.05) is 32.9 Å². The molecule has 0 spiro atoms. The Morgan fingerprint density at radius 3 is 2.29 bits per heavy atom. The number of hydrogen-bond donors (Lipinski definition) is 0. The average molecular weight is 193 g/mol. The van der Waals surface area contributed by atoms with E-state index in [1.165, 1.54) is 0 Å². The number of nitrogens with zero attached hydrogens (tertiary/aromatic N) is 1. The monoisotopic (exact) mass is 193 g/mol. The number of allylic oxidation sites excluding steroid dienone is 2. The Hall–Kier alpha value is -1.03. The van der Waals surface area contributed by atoms with E-state index in [4.69, 9.17) is 5.26 Å². The maximum atomic E-state index is 8.46. The molecule has 0 aromatic carbocycles. The number of rotatable bonds is 6. The van der Waals surface area contributed by atoms with Gasteiger partial charge in [0.25, 0.3) is 0 Å². The smallest absolute Gasteiger partial charge is 0.0624 e. The van der Waals surface area contributed by atoms with Gasteiger partial charge in [-0.25, -0.2) is 0 Å². The maximum absolute atomic E-state index is 8.46. The summed E-state index contributed by atoms with van der Waals surface area (Å²) in [7, 11) is 0. The van der Waals surface area contributed by atoms with Crippen molar-refractivity contribution < 1.29 is 0 Å². The Labute approximate surface area is 89.1 Å². The molecule has 2 atom stereocenters. The lowest BCUT2D eigenvalue weighted by Gasteiger charge is -2.13. The number of hydrogen-bond acceptors (Lipinski definition) is 1. The molecular weight excluding hydrogens is 170 g/mol. The Morgan fingerprint density at radius 2 is 1.93 bits per heavy atom. The first-order valence-electron chi connectivity index (χ1n) is 5.35. The SMILES string of the molecule is C=CCC(C=C)CC(C)CC#N.CC. The lowest BCUT2D eigenvalue weighted by Crippen LogP contribution is -2.02. The van der Waals surface area contributed by atoms with Crippen molar-refractivity contribution in [3.8, 4) is 6.07 Å². The zero-order valence-corrected chi connectivity index (χ0v) is 9.79. The fourth-order valence-corrected chi connectivity index (χ4v) is 1.26. The van der Waals surface area contributed by atoms with E-state index in [2.05, 4.69) is 26.2 Å². The normalized spacial score (nSPS) is 12.7. The minimum atomic E-state index is 0.470. The number of nitriles is 1.